The van der Waals surface area contributed by atoms with Crippen LogP contribution in [-0.4, -0.2) is 10.2 Å². The lowest BCUT2D eigenvalue weighted by Crippen LogP contribution is -2.09. The molecule has 0 spiro atoms. The van der Waals surface area contributed by atoms with E-state index >= 15 is 0 Å². The summed E-state index contributed by atoms with van der Waals surface area (Å²) in [7, 11) is 0. The van der Waals surface area contributed by atoms with Crippen LogP contribution in [0.15, 0.2) is 27.5 Å². The minimum absolute atomic E-state index is 0.229. The average Bonchev–Trinajstić information content (AvgIpc) is 2.12. The SMILES string of the molecule is O=c1[nH]nc(F)c2ccc(Br)cc12. The summed E-state index contributed by atoms with van der Waals surface area (Å²) >= 11 is 3.20. The maximum Gasteiger partial charge on any atom is 0.272 e. The van der Waals surface area contributed by atoms with Gasteiger partial charge in [-0.2, -0.15) is 4.39 Å². The molecule has 0 aliphatic carbocycles. The van der Waals surface area contributed by atoms with E-state index in [1.54, 1.807) is 12.1 Å². The molecular weight excluding hydrogens is 239 g/mol. The van der Waals surface area contributed by atoms with Crippen LogP contribution in [0.4, 0.5) is 4.39 Å². The largest absolute Gasteiger partial charge is 0.272 e. The minimum Gasteiger partial charge on any atom is -0.267 e. The quantitative estimate of drug-likeness (QED) is 0.767. The Morgan fingerprint density at radius 1 is 1.38 bits per heavy atom. The van der Waals surface area contributed by atoms with Crippen molar-refractivity contribution in [3.05, 3.63) is 39.0 Å². The van der Waals surface area contributed by atoms with E-state index in [2.05, 4.69) is 26.1 Å². The highest BCUT2D eigenvalue weighted by molar-refractivity contribution is 9.10. The Labute approximate surface area is 80.7 Å². The monoisotopic (exact) mass is 242 g/mol. The van der Waals surface area contributed by atoms with E-state index < -0.39 is 11.5 Å². The third-order valence-electron chi connectivity index (χ3n) is 1.70. The normalized spacial score (nSPS) is 10.6. The summed E-state index contributed by atoms with van der Waals surface area (Å²) in [6.45, 7) is 0. The second kappa shape index (κ2) is 2.92. The first kappa shape index (κ1) is 8.37. The first-order chi connectivity index (χ1) is 6.18. The van der Waals surface area contributed by atoms with Gasteiger partial charge in [0.1, 0.15) is 0 Å². The Kier molecular flexibility index (Phi) is 1.88. The lowest BCUT2D eigenvalue weighted by atomic mass is 10.2. The summed E-state index contributed by atoms with van der Waals surface area (Å²) in [6, 6.07) is 4.72. The van der Waals surface area contributed by atoms with E-state index in [1.165, 1.54) is 6.07 Å². The zero-order valence-electron chi connectivity index (χ0n) is 6.34. The maximum absolute atomic E-state index is 13.0. The fraction of sp³-hybridized carbons (Fsp3) is 0. The Bertz CT molecular complexity index is 523. The molecule has 3 nitrogen and oxygen atoms in total. The van der Waals surface area contributed by atoms with Crippen LogP contribution in [-0.2, 0) is 0 Å². The highest BCUT2D eigenvalue weighted by Crippen LogP contribution is 2.17. The smallest absolute Gasteiger partial charge is 0.267 e. The number of halogens is 2. The van der Waals surface area contributed by atoms with Crippen LogP contribution >= 0.6 is 15.9 Å². The van der Waals surface area contributed by atoms with Gasteiger partial charge < -0.3 is 0 Å². The van der Waals surface area contributed by atoms with E-state index in [9.17, 15) is 9.18 Å². The number of nitrogens with one attached hydrogen (secondary N) is 1. The lowest BCUT2D eigenvalue weighted by Gasteiger charge is -1.96. The van der Waals surface area contributed by atoms with Crippen LogP contribution in [0.2, 0.25) is 0 Å². The molecule has 0 saturated carbocycles. The van der Waals surface area contributed by atoms with Gasteiger partial charge in [0, 0.05) is 9.86 Å². The van der Waals surface area contributed by atoms with E-state index in [0.29, 0.717) is 5.39 Å². The van der Waals surface area contributed by atoms with Gasteiger partial charge in [-0.1, -0.05) is 15.9 Å². The van der Waals surface area contributed by atoms with Gasteiger partial charge in [0.2, 0.25) is 5.95 Å². The summed E-state index contributed by atoms with van der Waals surface area (Å²) in [5, 5.41) is 5.81. The number of aromatic nitrogens is 2. The van der Waals surface area contributed by atoms with Crippen molar-refractivity contribution >= 4 is 26.7 Å². The fourth-order valence-electron chi connectivity index (χ4n) is 1.10. The molecule has 1 aromatic carbocycles. The molecule has 1 aromatic heterocycles. The Balaban J connectivity index is 3.01. The van der Waals surface area contributed by atoms with E-state index in [1.807, 2.05) is 0 Å². The summed E-state index contributed by atoms with van der Waals surface area (Å²) in [5.41, 5.74) is -0.391. The molecule has 0 atom stereocenters. The van der Waals surface area contributed by atoms with Gasteiger partial charge in [0.05, 0.1) is 5.39 Å². The van der Waals surface area contributed by atoms with Crippen LogP contribution in [0.3, 0.4) is 0 Å². The molecule has 0 aliphatic rings. The molecule has 0 aliphatic heterocycles. The summed E-state index contributed by atoms with van der Waals surface area (Å²) < 4.78 is 13.7. The lowest BCUT2D eigenvalue weighted by molar-refractivity contribution is 0.574. The third kappa shape index (κ3) is 1.35. The van der Waals surface area contributed by atoms with Crippen molar-refractivity contribution < 1.29 is 4.39 Å². The van der Waals surface area contributed by atoms with Crippen LogP contribution < -0.4 is 5.56 Å². The van der Waals surface area contributed by atoms with Gasteiger partial charge in [-0.25, -0.2) is 5.10 Å². The standard InChI is InChI=1S/C8H4BrFN2O/c9-4-1-2-5-6(3-4)8(13)12-11-7(5)10/h1-3H,(H,12,13). The van der Waals surface area contributed by atoms with Gasteiger partial charge in [-0.05, 0) is 18.2 Å². The van der Waals surface area contributed by atoms with Crippen LogP contribution in [0.1, 0.15) is 0 Å². The van der Waals surface area contributed by atoms with Crippen molar-refractivity contribution in [2.24, 2.45) is 0 Å². The number of fused-ring (bicyclic) bond motifs is 1. The Morgan fingerprint density at radius 2 is 2.15 bits per heavy atom. The first-order valence-corrected chi connectivity index (χ1v) is 4.31. The van der Waals surface area contributed by atoms with Crippen LogP contribution in [0, 0.1) is 5.95 Å². The number of benzene rings is 1. The Hall–Kier alpha value is -1.23. The van der Waals surface area contributed by atoms with Crippen LogP contribution in [0.5, 0.6) is 0 Å². The van der Waals surface area contributed by atoms with Crippen molar-refractivity contribution in [2.45, 2.75) is 0 Å². The first-order valence-electron chi connectivity index (χ1n) is 3.52. The van der Waals surface area contributed by atoms with Gasteiger partial charge >= 0.3 is 0 Å². The van der Waals surface area contributed by atoms with Gasteiger partial charge in [-0.3, -0.25) is 4.79 Å². The fourth-order valence-corrected chi connectivity index (χ4v) is 1.47. The third-order valence-corrected chi connectivity index (χ3v) is 2.20. The van der Waals surface area contributed by atoms with E-state index in [-0.39, 0.29) is 5.39 Å². The number of hydrogen-bond donors (Lipinski definition) is 1. The summed E-state index contributed by atoms with van der Waals surface area (Å²) in [5.74, 6) is -0.665. The molecule has 0 saturated heterocycles. The second-order valence-electron chi connectivity index (χ2n) is 2.53. The molecule has 0 fully saturated rings. The predicted octanol–water partition coefficient (Wildman–Crippen LogP) is 1.82. The number of H-pyrrole nitrogens is 1. The average molecular weight is 243 g/mol. The Morgan fingerprint density at radius 3 is 2.92 bits per heavy atom. The van der Waals surface area contributed by atoms with Crippen molar-refractivity contribution in [3.8, 4) is 0 Å². The molecule has 0 unspecified atom stereocenters. The number of aromatic amines is 1. The predicted molar refractivity (Wildman–Crippen MR) is 50.0 cm³/mol. The minimum atomic E-state index is -0.665. The van der Waals surface area contributed by atoms with Crippen molar-refractivity contribution in [3.63, 3.8) is 0 Å². The molecule has 66 valence electrons. The van der Waals surface area contributed by atoms with Crippen molar-refractivity contribution in [1.29, 1.82) is 0 Å². The van der Waals surface area contributed by atoms with Gasteiger partial charge in [0.25, 0.3) is 5.56 Å². The summed E-state index contributed by atoms with van der Waals surface area (Å²) in [6.07, 6.45) is 0. The molecule has 1 heterocycles. The molecule has 0 amide bonds. The number of hydrogen-bond acceptors (Lipinski definition) is 2. The second-order valence-corrected chi connectivity index (χ2v) is 3.45. The molecule has 1 N–H and O–H groups in total. The topological polar surface area (TPSA) is 45.8 Å². The van der Waals surface area contributed by atoms with Gasteiger partial charge in [0.15, 0.2) is 0 Å². The highest BCUT2D eigenvalue weighted by atomic mass is 79.9. The van der Waals surface area contributed by atoms with E-state index in [4.69, 9.17) is 0 Å². The zero-order chi connectivity index (χ0) is 9.42. The maximum atomic E-state index is 13.0. The molecule has 2 aromatic rings. The van der Waals surface area contributed by atoms with E-state index in [0.717, 1.165) is 4.47 Å². The molecule has 0 bridgehead atoms. The molecular formula is C8H4BrFN2O. The molecule has 0 radical (unpaired) electrons. The van der Waals surface area contributed by atoms with Gasteiger partial charge in [-0.15, -0.1) is 5.10 Å². The van der Waals surface area contributed by atoms with Crippen LogP contribution in [0.25, 0.3) is 10.8 Å². The molecule has 13 heavy (non-hydrogen) atoms. The number of nitrogens with zero attached hydrogens (tertiary/aromatic N) is 1. The molecule has 2 rings (SSSR count). The zero-order valence-corrected chi connectivity index (χ0v) is 7.93. The molecule has 5 heteroatoms. The van der Waals surface area contributed by atoms with Crippen molar-refractivity contribution in [1.82, 2.24) is 10.2 Å². The summed E-state index contributed by atoms with van der Waals surface area (Å²) in [4.78, 5) is 11.2. The highest BCUT2D eigenvalue weighted by Gasteiger charge is 2.04. The number of rotatable bonds is 0. The van der Waals surface area contributed by atoms with Crippen molar-refractivity contribution in [2.75, 3.05) is 0 Å².